The van der Waals surface area contributed by atoms with Gasteiger partial charge in [0.15, 0.2) is 0 Å². The summed E-state index contributed by atoms with van der Waals surface area (Å²) in [6, 6.07) is 0. The Bertz CT molecular complexity index is 256. The van der Waals surface area contributed by atoms with E-state index in [1.807, 2.05) is 27.7 Å². The van der Waals surface area contributed by atoms with E-state index in [2.05, 4.69) is 4.72 Å². The van der Waals surface area contributed by atoms with E-state index in [9.17, 15) is 8.42 Å². The van der Waals surface area contributed by atoms with Crippen molar-refractivity contribution in [2.45, 2.75) is 39.5 Å². The highest BCUT2D eigenvalue weighted by Crippen LogP contribution is 2.15. The monoisotopic (exact) mass is 241 g/mol. The first-order valence-corrected chi connectivity index (χ1v) is 6.86. The quantitative estimate of drug-likeness (QED) is 0.749. The molecule has 5 heteroatoms. The first-order valence-electron chi connectivity index (χ1n) is 4.78. The zero-order valence-electron chi connectivity index (χ0n) is 9.30. The minimum Gasteiger partial charge on any atom is -0.214 e. The molecule has 0 saturated heterocycles. The number of hydrogen-bond donors (Lipinski definition) is 1. The molecule has 0 aromatic rings. The lowest BCUT2D eigenvalue weighted by molar-refractivity contribution is 0.458. The highest BCUT2D eigenvalue weighted by molar-refractivity contribution is 7.89. The fourth-order valence-corrected chi connectivity index (χ4v) is 2.85. The Labute approximate surface area is 92.3 Å². The normalized spacial score (nSPS) is 15.5. The van der Waals surface area contributed by atoms with Crippen molar-refractivity contribution in [3.8, 4) is 0 Å². The molecule has 0 heterocycles. The number of rotatable bonds is 5. The van der Waals surface area contributed by atoms with Crippen molar-refractivity contribution in [3.63, 3.8) is 0 Å². The summed E-state index contributed by atoms with van der Waals surface area (Å²) in [7, 11) is -3.18. The van der Waals surface area contributed by atoms with Crippen molar-refractivity contribution in [1.29, 1.82) is 0 Å². The summed E-state index contributed by atoms with van der Waals surface area (Å²) in [5.74, 6) is 0.132. The summed E-state index contributed by atoms with van der Waals surface area (Å²) in [4.78, 5) is 0. The number of hydrogen-bond acceptors (Lipinski definition) is 2. The van der Waals surface area contributed by atoms with Gasteiger partial charge in [-0.1, -0.05) is 27.7 Å². The summed E-state index contributed by atoms with van der Waals surface area (Å²) in [5, 5.41) is -0.121. The molecule has 0 aromatic carbocycles. The standard InChI is InChI=1S/C9H20ClNO2S/c1-5-8(10)6-11-14(12,13)7-9(2,3)4/h8,11H,5-7H2,1-4H3. The van der Waals surface area contributed by atoms with Crippen LogP contribution in [-0.2, 0) is 10.0 Å². The third-order valence-electron chi connectivity index (χ3n) is 1.59. The van der Waals surface area contributed by atoms with Crippen LogP contribution in [0.15, 0.2) is 0 Å². The van der Waals surface area contributed by atoms with E-state index in [1.54, 1.807) is 0 Å². The Morgan fingerprint density at radius 2 is 1.86 bits per heavy atom. The molecule has 0 spiro atoms. The Morgan fingerprint density at radius 1 is 1.36 bits per heavy atom. The SMILES string of the molecule is CCC(Cl)CNS(=O)(=O)CC(C)(C)C. The number of alkyl halides is 1. The fraction of sp³-hybridized carbons (Fsp3) is 1.00. The van der Waals surface area contributed by atoms with Crippen molar-refractivity contribution in [2.75, 3.05) is 12.3 Å². The summed E-state index contributed by atoms with van der Waals surface area (Å²) >= 11 is 5.82. The maximum atomic E-state index is 11.5. The fourth-order valence-electron chi connectivity index (χ4n) is 0.983. The number of halogens is 1. The highest BCUT2D eigenvalue weighted by Gasteiger charge is 2.21. The molecule has 1 unspecified atom stereocenters. The smallest absolute Gasteiger partial charge is 0.212 e. The van der Waals surface area contributed by atoms with Gasteiger partial charge in [-0.2, -0.15) is 0 Å². The maximum Gasteiger partial charge on any atom is 0.212 e. The Hall–Kier alpha value is 0.200. The molecule has 0 aliphatic heterocycles. The Morgan fingerprint density at radius 3 is 2.21 bits per heavy atom. The molecule has 0 bridgehead atoms. The van der Waals surface area contributed by atoms with Gasteiger partial charge in [0.1, 0.15) is 0 Å². The van der Waals surface area contributed by atoms with E-state index >= 15 is 0 Å². The van der Waals surface area contributed by atoms with Gasteiger partial charge in [-0.3, -0.25) is 0 Å². The van der Waals surface area contributed by atoms with E-state index in [1.165, 1.54) is 0 Å². The molecule has 0 saturated carbocycles. The van der Waals surface area contributed by atoms with Crippen LogP contribution in [-0.4, -0.2) is 26.1 Å². The van der Waals surface area contributed by atoms with Crippen LogP contribution < -0.4 is 4.72 Å². The molecule has 0 amide bonds. The molecular weight excluding hydrogens is 222 g/mol. The second-order valence-corrected chi connectivity index (χ2v) is 7.10. The van der Waals surface area contributed by atoms with Crippen molar-refractivity contribution in [3.05, 3.63) is 0 Å². The first kappa shape index (κ1) is 14.2. The van der Waals surface area contributed by atoms with Gasteiger partial charge in [0.2, 0.25) is 10.0 Å². The summed E-state index contributed by atoms with van der Waals surface area (Å²) < 4.78 is 25.5. The van der Waals surface area contributed by atoms with Gasteiger partial charge in [0, 0.05) is 11.9 Å². The lowest BCUT2D eigenvalue weighted by Gasteiger charge is -2.18. The molecule has 0 aromatic heterocycles. The van der Waals surface area contributed by atoms with Crippen LogP contribution in [0.3, 0.4) is 0 Å². The first-order chi connectivity index (χ1) is 6.16. The van der Waals surface area contributed by atoms with Crippen LogP contribution in [0.25, 0.3) is 0 Å². The lowest BCUT2D eigenvalue weighted by atomic mass is 10.0. The predicted molar refractivity (Wildman–Crippen MR) is 61.2 cm³/mol. The summed E-state index contributed by atoms with van der Waals surface area (Å²) in [5.41, 5.74) is -0.222. The largest absolute Gasteiger partial charge is 0.214 e. The Balaban J connectivity index is 4.10. The van der Waals surface area contributed by atoms with E-state index in [-0.39, 0.29) is 16.5 Å². The van der Waals surface area contributed by atoms with Crippen molar-refractivity contribution < 1.29 is 8.42 Å². The van der Waals surface area contributed by atoms with Crippen LogP contribution in [0.1, 0.15) is 34.1 Å². The molecule has 0 aliphatic rings. The average Bonchev–Trinajstić information content (AvgIpc) is 1.96. The Kier molecular flexibility index (Phi) is 5.41. The minimum absolute atomic E-state index is 0.121. The topological polar surface area (TPSA) is 46.2 Å². The molecule has 0 rings (SSSR count). The van der Waals surface area contributed by atoms with Crippen LogP contribution in [0.4, 0.5) is 0 Å². The zero-order chi connectivity index (χ0) is 11.4. The number of sulfonamides is 1. The molecule has 1 N–H and O–H groups in total. The zero-order valence-corrected chi connectivity index (χ0v) is 10.9. The third kappa shape index (κ3) is 7.59. The third-order valence-corrected chi connectivity index (χ3v) is 3.91. The summed E-state index contributed by atoms with van der Waals surface area (Å²) in [6.45, 7) is 7.92. The van der Waals surface area contributed by atoms with Gasteiger partial charge in [0.25, 0.3) is 0 Å². The molecule has 1 atom stereocenters. The average molecular weight is 242 g/mol. The van der Waals surface area contributed by atoms with E-state index < -0.39 is 10.0 Å². The molecular formula is C9H20ClNO2S. The molecule has 86 valence electrons. The van der Waals surface area contributed by atoms with E-state index in [4.69, 9.17) is 11.6 Å². The van der Waals surface area contributed by atoms with Gasteiger partial charge in [-0.05, 0) is 11.8 Å². The van der Waals surface area contributed by atoms with Crippen LogP contribution in [0.5, 0.6) is 0 Å². The van der Waals surface area contributed by atoms with E-state index in [0.29, 0.717) is 6.54 Å². The van der Waals surface area contributed by atoms with Gasteiger partial charge in [-0.15, -0.1) is 11.6 Å². The minimum atomic E-state index is -3.18. The van der Waals surface area contributed by atoms with Crippen LogP contribution in [0, 0.1) is 5.41 Å². The van der Waals surface area contributed by atoms with Gasteiger partial charge in [-0.25, -0.2) is 13.1 Å². The maximum absolute atomic E-state index is 11.5. The predicted octanol–water partition coefficient (Wildman–Crippen LogP) is 1.97. The second kappa shape index (κ2) is 5.33. The second-order valence-electron chi connectivity index (χ2n) is 4.67. The van der Waals surface area contributed by atoms with E-state index in [0.717, 1.165) is 6.42 Å². The molecule has 0 fully saturated rings. The van der Waals surface area contributed by atoms with Crippen molar-refractivity contribution in [2.24, 2.45) is 5.41 Å². The molecule has 0 radical (unpaired) electrons. The molecule has 14 heavy (non-hydrogen) atoms. The summed E-state index contributed by atoms with van der Waals surface area (Å²) in [6.07, 6.45) is 0.763. The van der Waals surface area contributed by atoms with Crippen LogP contribution in [0.2, 0.25) is 0 Å². The molecule has 0 aliphatic carbocycles. The van der Waals surface area contributed by atoms with Crippen molar-refractivity contribution >= 4 is 21.6 Å². The molecule has 3 nitrogen and oxygen atoms in total. The number of nitrogens with one attached hydrogen (secondary N) is 1. The van der Waals surface area contributed by atoms with Gasteiger partial charge < -0.3 is 0 Å². The van der Waals surface area contributed by atoms with Gasteiger partial charge in [0.05, 0.1) is 5.75 Å². The van der Waals surface area contributed by atoms with Crippen LogP contribution >= 0.6 is 11.6 Å². The lowest BCUT2D eigenvalue weighted by Crippen LogP contribution is -2.35. The van der Waals surface area contributed by atoms with Crippen molar-refractivity contribution in [1.82, 2.24) is 4.72 Å². The van der Waals surface area contributed by atoms with Gasteiger partial charge >= 0.3 is 0 Å². The highest BCUT2D eigenvalue weighted by atomic mass is 35.5.